The highest BCUT2D eigenvalue weighted by Gasteiger charge is 2.17. The van der Waals surface area contributed by atoms with Crippen LogP contribution in [-0.2, 0) is 20.3 Å². The molecule has 0 saturated carbocycles. The van der Waals surface area contributed by atoms with Crippen molar-refractivity contribution in [2.24, 2.45) is 0 Å². The highest BCUT2D eigenvalue weighted by Crippen LogP contribution is 2.22. The molecule has 5 nitrogen and oxygen atoms in total. The molecule has 0 heterocycles. The minimum Gasteiger partial charge on any atom is -0.454 e. The summed E-state index contributed by atoms with van der Waals surface area (Å²) in [5.74, 6) is -1.36. The fraction of sp³-hybridized carbons (Fsp3) is 0.130. The molecule has 160 valence electrons. The van der Waals surface area contributed by atoms with Crippen molar-refractivity contribution < 1.29 is 22.7 Å². The van der Waals surface area contributed by atoms with Gasteiger partial charge in [0.15, 0.2) is 16.4 Å². The maximum Gasteiger partial charge on any atom is 0.338 e. The van der Waals surface area contributed by atoms with E-state index in [0.29, 0.717) is 10.6 Å². The molecule has 0 spiro atoms. The number of hydrogen-bond donors (Lipinski definition) is 0. The summed E-state index contributed by atoms with van der Waals surface area (Å²) in [6.07, 6.45) is 0. The lowest BCUT2D eigenvalue weighted by atomic mass is 10.1. The fourth-order valence-corrected chi connectivity index (χ4v) is 4.66. The van der Waals surface area contributed by atoms with Crippen LogP contribution in [0.4, 0.5) is 0 Å². The van der Waals surface area contributed by atoms with Crippen molar-refractivity contribution in [2.75, 3.05) is 6.61 Å². The molecule has 31 heavy (non-hydrogen) atoms. The van der Waals surface area contributed by atoms with Crippen molar-refractivity contribution in [1.29, 1.82) is 0 Å². The normalized spacial score (nSPS) is 11.2. The second-order valence-corrected chi connectivity index (χ2v) is 9.73. The summed E-state index contributed by atoms with van der Waals surface area (Å²) in [7, 11) is -3.51. The van der Waals surface area contributed by atoms with Crippen LogP contribution < -0.4 is 0 Å². The molecule has 0 amide bonds. The van der Waals surface area contributed by atoms with Gasteiger partial charge in [0.25, 0.3) is 0 Å². The number of aryl methyl sites for hydroxylation is 1. The molecule has 3 aromatic rings. The van der Waals surface area contributed by atoms with Crippen LogP contribution in [0.5, 0.6) is 0 Å². The van der Waals surface area contributed by atoms with Gasteiger partial charge in [-0.1, -0.05) is 53.0 Å². The Kier molecular flexibility index (Phi) is 7.15. The Morgan fingerprint density at radius 2 is 1.55 bits per heavy atom. The number of sulfone groups is 1. The van der Waals surface area contributed by atoms with E-state index in [0.717, 1.165) is 5.56 Å². The third-order valence-electron chi connectivity index (χ3n) is 4.49. The fourth-order valence-electron chi connectivity index (χ4n) is 2.79. The predicted octanol–water partition coefficient (Wildman–Crippen LogP) is 5.32. The lowest BCUT2D eigenvalue weighted by Gasteiger charge is -2.08. The molecule has 0 radical (unpaired) electrons. The number of carbonyl (C=O) groups excluding carboxylic acids is 2. The molecule has 0 N–H and O–H groups in total. The van der Waals surface area contributed by atoms with E-state index in [1.54, 1.807) is 36.4 Å². The molecule has 3 aromatic carbocycles. The largest absolute Gasteiger partial charge is 0.454 e. The Morgan fingerprint density at radius 3 is 2.16 bits per heavy atom. The molecule has 0 unspecified atom stereocenters. The van der Waals surface area contributed by atoms with Crippen molar-refractivity contribution in [1.82, 2.24) is 0 Å². The standard InChI is InChI=1S/C23H18Cl2O5S/c1-15-2-9-19(10-3-15)31(28,29)14-16-4-6-17(7-5-16)23(27)30-13-22(26)20-11-8-18(24)12-21(20)25/h2-12H,13-14H2,1H3. The quantitative estimate of drug-likeness (QED) is 0.340. The predicted molar refractivity (Wildman–Crippen MR) is 120 cm³/mol. The molecule has 0 saturated heterocycles. The van der Waals surface area contributed by atoms with Gasteiger partial charge in [-0.25, -0.2) is 13.2 Å². The average molecular weight is 477 g/mol. The van der Waals surface area contributed by atoms with E-state index in [4.69, 9.17) is 27.9 Å². The zero-order valence-corrected chi connectivity index (χ0v) is 18.8. The van der Waals surface area contributed by atoms with Gasteiger partial charge in [-0.15, -0.1) is 0 Å². The number of Topliss-reactive ketones (excluding diaryl/α,β-unsaturated/α-hetero) is 1. The lowest BCUT2D eigenvalue weighted by molar-refractivity contribution is 0.0475. The van der Waals surface area contributed by atoms with Gasteiger partial charge in [0.1, 0.15) is 0 Å². The first-order chi connectivity index (χ1) is 14.7. The molecular formula is C23H18Cl2O5S. The first-order valence-electron chi connectivity index (χ1n) is 9.19. The van der Waals surface area contributed by atoms with Crippen LogP contribution in [-0.4, -0.2) is 26.8 Å². The first-order valence-corrected chi connectivity index (χ1v) is 11.6. The van der Waals surface area contributed by atoms with Crippen LogP contribution in [0.1, 0.15) is 31.8 Å². The minimum absolute atomic E-state index is 0.174. The van der Waals surface area contributed by atoms with Crippen molar-refractivity contribution in [3.05, 3.63) is 99.0 Å². The van der Waals surface area contributed by atoms with Crippen molar-refractivity contribution in [3.8, 4) is 0 Å². The molecule has 0 bridgehead atoms. The Morgan fingerprint density at radius 1 is 0.903 bits per heavy atom. The highest BCUT2D eigenvalue weighted by atomic mass is 35.5. The summed E-state index contributed by atoms with van der Waals surface area (Å²) in [5, 5.41) is 0.565. The Labute approximate surface area is 190 Å². The van der Waals surface area contributed by atoms with Gasteiger partial charge in [-0.2, -0.15) is 0 Å². The number of halogens is 2. The van der Waals surface area contributed by atoms with Crippen molar-refractivity contribution >= 4 is 44.8 Å². The van der Waals surface area contributed by atoms with Crippen LogP contribution >= 0.6 is 23.2 Å². The molecule has 0 aliphatic carbocycles. The summed E-state index contributed by atoms with van der Waals surface area (Å²) in [5.41, 5.74) is 1.90. The molecule has 0 aromatic heterocycles. The third kappa shape index (κ3) is 5.94. The van der Waals surface area contributed by atoms with Gasteiger partial charge >= 0.3 is 5.97 Å². The molecule has 0 aliphatic rings. The van der Waals surface area contributed by atoms with Gasteiger partial charge in [-0.05, 0) is 55.0 Å². The van der Waals surface area contributed by atoms with E-state index in [2.05, 4.69) is 0 Å². The van der Waals surface area contributed by atoms with Gasteiger partial charge in [0.05, 0.1) is 21.2 Å². The minimum atomic E-state index is -3.51. The molecule has 0 atom stereocenters. The number of carbonyl (C=O) groups is 2. The van der Waals surface area contributed by atoms with E-state index in [1.807, 2.05) is 6.92 Å². The number of benzene rings is 3. The smallest absolute Gasteiger partial charge is 0.338 e. The third-order valence-corrected chi connectivity index (χ3v) is 6.74. The average Bonchev–Trinajstić information content (AvgIpc) is 2.72. The molecule has 0 aliphatic heterocycles. The number of rotatable bonds is 7. The van der Waals surface area contributed by atoms with Crippen LogP contribution in [0, 0.1) is 6.92 Å². The van der Waals surface area contributed by atoms with E-state index < -0.39 is 28.2 Å². The van der Waals surface area contributed by atoms with Crippen LogP contribution in [0.25, 0.3) is 0 Å². The number of hydrogen-bond acceptors (Lipinski definition) is 5. The van der Waals surface area contributed by atoms with Crippen LogP contribution in [0.15, 0.2) is 71.6 Å². The topological polar surface area (TPSA) is 77.5 Å². The molecule has 3 rings (SSSR count). The summed E-state index contributed by atoms with van der Waals surface area (Å²) in [6.45, 7) is 1.40. The summed E-state index contributed by atoms with van der Waals surface area (Å²) in [6, 6.07) is 17.0. The lowest BCUT2D eigenvalue weighted by Crippen LogP contribution is -2.14. The van der Waals surface area contributed by atoms with Gasteiger partial charge < -0.3 is 4.74 Å². The van der Waals surface area contributed by atoms with Gasteiger partial charge in [0.2, 0.25) is 5.78 Å². The first kappa shape index (κ1) is 23.0. The van der Waals surface area contributed by atoms with Gasteiger partial charge in [-0.3, -0.25) is 4.79 Å². The zero-order valence-electron chi connectivity index (χ0n) is 16.5. The summed E-state index contributed by atoms with van der Waals surface area (Å²) in [4.78, 5) is 24.7. The van der Waals surface area contributed by atoms with Gasteiger partial charge in [0, 0.05) is 10.6 Å². The molecule has 0 fully saturated rings. The van der Waals surface area contributed by atoms with E-state index in [1.165, 1.54) is 30.3 Å². The van der Waals surface area contributed by atoms with Crippen molar-refractivity contribution in [2.45, 2.75) is 17.6 Å². The molecular weight excluding hydrogens is 459 g/mol. The second-order valence-electron chi connectivity index (χ2n) is 6.89. The monoisotopic (exact) mass is 476 g/mol. The maximum atomic E-state index is 12.5. The summed E-state index contributed by atoms with van der Waals surface area (Å²) < 4.78 is 30.1. The Balaban J connectivity index is 1.62. The summed E-state index contributed by atoms with van der Waals surface area (Å²) >= 11 is 11.8. The van der Waals surface area contributed by atoms with Crippen LogP contribution in [0.3, 0.4) is 0 Å². The SMILES string of the molecule is Cc1ccc(S(=O)(=O)Cc2ccc(C(=O)OCC(=O)c3ccc(Cl)cc3Cl)cc2)cc1. The number of ketones is 1. The molecule has 8 heteroatoms. The highest BCUT2D eigenvalue weighted by molar-refractivity contribution is 7.90. The van der Waals surface area contributed by atoms with Crippen LogP contribution in [0.2, 0.25) is 10.0 Å². The number of ether oxygens (including phenoxy) is 1. The Bertz CT molecular complexity index is 1220. The number of esters is 1. The van der Waals surface area contributed by atoms with E-state index >= 15 is 0 Å². The zero-order chi connectivity index (χ0) is 22.6. The second kappa shape index (κ2) is 9.64. The maximum absolute atomic E-state index is 12.5. The van der Waals surface area contributed by atoms with E-state index in [-0.39, 0.29) is 26.8 Å². The van der Waals surface area contributed by atoms with Crippen molar-refractivity contribution in [3.63, 3.8) is 0 Å². The van der Waals surface area contributed by atoms with E-state index in [9.17, 15) is 18.0 Å². The Hall–Kier alpha value is -2.67.